The molecule has 4 atom stereocenters. The second kappa shape index (κ2) is 13.7. The molecule has 15 nitrogen and oxygen atoms in total. The van der Waals surface area contributed by atoms with Crippen LogP contribution in [-0.2, 0) is 24.0 Å². The molecule has 0 aromatic rings. The highest BCUT2D eigenvalue weighted by atomic mass is 16.4. The number of aliphatic hydroxyl groups is 1. The standard InChI is InChI=1S/C16H30N8O7/c1-7(25)12(24-13(28)9(5-10(18)26)22-11(27)6-17)14(29)23-8(15(30)31)3-2-4-21-16(19)20/h7-9,12,25H,2-6,17H2,1H3,(H2,18,26)(H,22,27)(H,23,29)(H,24,28)(H,30,31)(H4,19,20,21). The molecule has 176 valence electrons. The second-order valence-electron chi connectivity index (χ2n) is 6.57. The number of nitrogens with one attached hydrogen (secondary N) is 3. The Morgan fingerprint density at radius 1 is 0.968 bits per heavy atom. The van der Waals surface area contributed by atoms with E-state index in [9.17, 15) is 34.2 Å². The van der Waals surface area contributed by atoms with Crippen LogP contribution < -0.4 is 38.9 Å². The number of amides is 4. The van der Waals surface area contributed by atoms with Crippen molar-refractivity contribution in [3.63, 3.8) is 0 Å². The molecule has 4 unspecified atom stereocenters. The van der Waals surface area contributed by atoms with Crippen LogP contribution >= 0.6 is 0 Å². The molecule has 0 aliphatic carbocycles. The highest BCUT2D eigenvalue weighted by Gasteiger charge is 2.32. The van der Waals surface area contributed by atoms with Crippen LogP contribution in [-0.4, -0.2) is 83.1 Å². The summed E-state index contributed by atoms with van der Waals surface area (Å²) in [6.45, 7) is 0.845. The molecule has 0 heterocycles. The zero-order chi connectivity index (χ0) is 24.1. The maximum Gasteiger partial charge on any atom is 0.326 e. The van der Waals surface area contributed by atoms with Crippen molar-refractivity contribution in [3.8, 4) is 0 Å². The van der Waals surface area contributed by atoms with Crippen molar-refractivity contribution in [2.75, 3.05) is 13.1 Å². The molecule has 0 aliphatic heterocycles. The number of carboxylic acid groups (broad SMARTS) is 1. The number of hydrogen-bond acceptors (Lipinski definition) is 8. The van der Waals surface area contributed by atoms with Crippen LogP contribution in [0.1, 0.15) is 26.2 Å². The van der Waals surface area contributed by atoms with Crippen molar-refractivity contribution in [2.45, 2.75) is 50.4 Å². The minimum absolute atomic E-state index is 0.0326. The second-order valence-corrected chi connectivity index (χ2v) is 6.57. The third kappa shape index (κ3) is 11.3. The van der Waals surface area contributed by atoms with Crippen LogP contribution in [0, 0.1) is 0 Å². The lowest BCUT2D eigenvalue weighted by molar-refractivity contribution is -0.143. The van der Waals surface area contributed by atoms with Gasteiger partial charge in [-0.2, -0.15) is 0 Å². The first-order valence-electron chi connectivity index (χ1n) is 9.23. The Balaban J connectivity index is 5.23. The third-order valence-electron chi connectivity index (χ3n) is 3.86. The highest BCUT2D eigenvalue weighted by Crippen LogP contribution is 2.03. The maximum atomic E-state index is 12.5. The molecule has 0 saturated heterocycles. The smallest absolute Gasteiger partial charge is 0.326 e. The number of nitrogens with zero attached hydrogens (tertiary/aromatic N) is 1. The summed E-state index contributed by atoms with van der Waals surface area (Å²) in [6, 6.07) is -4.38. The number of aliphatic carboxylic acids is 1. The summed E-state index contributed by atoms with van der Waals surface area (Å²) in [7, 11) is 0. The van der Waals surface area contributed by atoms with Crippen molar-refractivity contribution in [1.82, 2.24) is 16.0 Å². The van der Waals surface area contributed by atoms with E-state index in [4.69, 9.17) is 22.9 Å². The van der Waals surface area contributed by atoms with E-state index in [-0.39, 0.29) is 25.3 Å². The number of carbonyl (C=O) groups is 5. The van der Waals surface area contributed by atoms with Gasteiger partial charge in [-0.05, 0) is 19.8 Å². The summed E-state index contributed by atoms with van der Waals surface area (Å²) in [5.74, 6) is -5.19. The topological polar surface area (TPSA) is 278 Å². The molecule has 4 amide bonds. The SMILES string of the molecule is CC(O)C(NC(=O)C(CC(N)=O)NC(=O)CN)C(=O)NC(CCCN=C(N)N)C(=O)O. The molecule has 0 spiro atoms. The number of nitrogens with two attached hydrogens (primary N) is 4. The molecule has 0 bridgehead atoms. The molecule has 0 aromatic heterocycles. The Morgan fingerprint density at radius 3 is 2.03 bits per heavy atom. The molecule has 0 fully saturated rings. The van der Waals surface area contributed by atoms with E-state index in [1.54, 1.807) is 0 Å². The molecule has 31 heavy (non-hydrogen) atoms. The zero-order valence-electron chi connectivity index (χ0n) is 17.0. The normalized spacial score (nSPS) is 14.3. The van der Waals surface area contributed by atoms with Gasteiger partial charge in [-0.3, -0.25) is 24.2 Å². The Kier molecular flexibility index (Phi) is 12.2. The van der Waals surface area contributed by atoms with Crippen molar-refractivity contribution in [1.29, 1.82) is 0 Å². The van der Waals surface area contributed by atoms with Crippen LogP contribution in [0.3, 0.4) is 0 Å². The largest absolute Gasteiger partial charge is 0.480 e. The van der Waals surface area contributed by atoms with Crippen LogP contribution in [0.2, 0.25) is 0 Å². The van der Waals surface area contributed by atoms with E-state index in [0.717, 1.165) is 0 Å². The van der Waals surface area contributed by atoms with Gasteiger partial charge >= 0.3 is 5.97 Å². The third-order valence-corrected chi connectivity index (χ3v) is 3.86. The summed E-state index contributed by atoms with van der Waals surface area (Å²) in [6.07, 6.45) is -1.84. The van der Waals surface area contributed by atoms with Crippen LogP contribution in [0.5, 0.6) is 0 Å². The van der Waals surface area contributed by atoms with Gasteiger partial charge in [0.15, 0.2) is 5.96 Å². The average Bonchev–Trinajstić information content (AvgIpc) is 2.66. The number of carbonyl (C=O) groups excluding carboxylic acids is 4. The van der Waals surface area contributed by atoms with Gasteiger partial charge in [-0.1, -0.05) is 0 Å². The Labute approximate surface area is 178 Å². The van der Waals surface area contributed by atoms with Gasteiger partial charge in [-0.15, -0.1) is 0 Å². The first-order valence-corrected chi connectivity index (χ1v) is 9.23. The Morgan fingerprint density at radius 2 is 1.58 bits per heavy atom. The lowest BCUT2D eigenvalue weighted by Crippen LogP contribution is -2.59. The zero-order valence-corrected chi connectivity index (χ0v) is 17.0. The fourth-order valence-corrected chi connectivity index (χ4v) is 2.35. The van der Waals surface area contributed by atoms with Gasteiger partial charge in [0.1, 0.15) is 18.1 Å². The minimum Gasteiger partial charge on any atom is -0.480 e. The predicted molar refractivity (Wildman–Crippen MR) is 108 cm³/mol. The Hall–Kier alpha value is -3.46. The van der Waals surface area contributed by atoms with E-state index in [1.165, 1.54) is 6.92 Å². The van der Waals surface area contributed by atoms with Crippen molar-refractivity contribution >= 4 is 35.6 Å². The predicted octanol–water partition coefficient (Wildman–Crippen LogP) is -5.21. The molecular weight excluding hydrogens is 416 g/mol. The fourth-order valence-electron chi connectivity index (χ4n) is 2.35. The van der Waals surface area contributed by atoms with Gasteiger partial charge in [0.05, 0.1) is 19.1 Å². The van der Waals surface area contributed by atoms with E-state index < -0.39 is 66.8 Å². The lowest BCUT2D eigenvalue weighted by atomic mass is 10.1. The number of primary amides is 1. The van der Waals surface area contributed by atoms with E-state index >= 15 is 0 Å². The number of aliphatic hydroxyl groups excluding tert-OH is 1. The number of aliphatic imine (C=N–C) groups is 1. The number of rotatable bonds is 14. The fraction of sp³-hybridized carbons (Fsp3) is 0.625. The van der Waals surface area contributed by atoms with Gasteiger partial charge < -0.3 is 49.1 Å². The Bertz CT molecular complexity index is 693. The molecule has 0 saturated carbocycles. The summed E-state index contributed by atoms with van der Waals surface area (Å²) in [4.78, 5) is 62.6. The number of hydrogen-bond donors (Lipinski definition) is 9. The average molecular weight is 446 g/mol. The van der Waals surface area contributed by atoms with Gasteiger partial charge in [0, 0.05) is 6.54 Å². The molecule has 13 N–H and O–H groups in total. The molecule has 0 aromatic carbocycles. The number of guanidine groups is 1. The molecule has 0 aliphatic rings. The first-order chi connectivity index (χ1) is 14.4. The van der Waals surface area contributed by atoms with Crippen molar-refractivity contribution < 1.29 is 34.2 Å². The summed E-state index contributed by atoms with van der Waals surface area (Å²) >= 11 is 0. The van der Waals surface area contributed by atoms with Gasteiger partial charge in [0.2, 0.25) is 23.6 Å². The summed E-state index contributed by atoms with van der Waals surface area (Å²) in [5, 5.41) is 25.7. The van der Waals surface area contributed by atoms with Crippen molar-refractivity contribution in [2.24, 2.45) is 27.9 Å². The van der Waals surface area contributed by atoms with Crippen LogP contribution in [0.4, 0.5) is 0 Å². The molecule has 0 rings (SSSR count). The summed E-state index contributed by atoms with van der Waals surface area (Å²) in [5.41, 5.74) is 20.6. The minimum atomic E-state index is -1.59. The lowest BCUT2D eigenvalue weighted by Gasteiger charge is -2.25. The number of carboxylic acids is 1. The van der Waals surface area contributed by atoms with Gasteiger partial charge in [0.25, 0.3) is 0 Å². The molecule has 15 heteroatoms. The monoisotopic (exact) mass is 446 g/mol. The van der Waals surface area contributed by atoms with Crippen LogP contribution in [0.15, 0.2) is 4.99 Å². The summed E-state index contributed by atoms with van der Waals surface area (Å²) < 4.78 is 0. The van der Waals surface area contributed by atoms with Crippen LogP contribution in [0.25, 0.3) is 0 Å². The first kappa shape index (κ1) is 27.5. The molecule has 0 radical (unpaired) electrons. The maximum absolute atomic E-state index is 12.5. The van der Waals surface area contributed by atoms with E-state index in [2.05, 4.69) is 20.9 Å². The van der Waals surface area contributed by atoms with E-state index in [0.29, 0.717) is 0 Å². The van der Waals surface area contributed by atoms with Gasteiger partial charge in [-0.25, -0.2) is 4.79 Å². The van der Waals surface area contributed by atoms with E-state index in [1.807, 2.05) is 0 Å². The van der Waals surface area contributed by atoms with Crippen molar-refractivity contribution in [3.05, 3.63) is 0 Å². The highest BCUT2D eigenvalue weighted by molar-refractivity contribution is 5.95. The molecular formula is C16H30N8O7. The quantitative estimate of drug-likeness (QED) is 0.0694.